The van der Waals surface area contributed by atoms with E-state index in [0.29, 0.717) is 6.61 Å². The van der Waals surface area contributed by atoms with Crippen LogP contribution in [0.25, 0.3) is 10.2 Å². The molecule has 1 N–H and O–H groups in total. The normalized spacial score (nSPS) is 22.5. The van der Waals surface area contributed by atoms with Gasteiger partial charge in [0.15, 0.2) is 0 Å². The van der Waals surface area contributed by atoms with E-state index >= 15 is 0 Å². The van der Waals surface area contributed by atoms with Crippen molar-refractivity contribution in [3.05, 3.63) is 17.8 Å². The molecule has 2 aromatic rings. The number of hydrogen-bond acceptors (Lipinski definition) is 6. The van der Waals surface area contributed by atoms with Crippen molar-refractivity contribution < 1.29 is 18.3 Å². The number of hydrogen-bond donors (Lipinski definition) is 1. The minimum atomic E-state index is -2.97. The maximum Gasteiger partial charge on any atom is 0.315 e. The summed E-state index contributed by atoms with van der Waals surface area (Å²) in [6.45, 7) is 2.61. The second kappa shape index (κ2) is 7.63. The van der Waals surface area contributed by atoms with Crippen LogP contribution in [0.15, 0.2) is 17.8 Å². The minimum Gasteiger partial charge on any atom is -0.376 e. The van der Waals surface area contributed by atoms with Crippen molar-refractivity contribution in [3.63, 3.8) is 0 Å². The molecule has 6 nitrogen and oxygen atoms in total. The third-order valence-corrected chi connectivity index (χ3v) is 6.57. The Balaban J connectivity index is 1.31. The molecular formula is C18H22F2N4O2S. The van der Waals surface area contributed by atoms with Crippen LogP contribution in [-0.4, -0.2) is 54.6 Å². The number of rotatable bonds is 4. The summed E-state index contributed by atoms with van der Waals surface area (Å²) in [5, 5.41) is 4.29. The number of nitrogens with one attached hydrogen (secondary N) is 1. The van der Waals surface area contributed by atoms with E-state index in [-0.39, 0.29) is 18.1 Å². The average molecular weight is 396 g/mol. The zero-order chi connectivity index (χ0) is 18.9. The number of carbonyl (C=O) groups is 1. The maximum absolute atomic E-state index is 12.3. The lowest BCUT2D eigenvalue weighted by Crippen LogP contribution is -2.48. The van der Waals surface area contributed by atoms with Crippen LogP contribution in [-0.2, 0) is 9.53 Å². The Morgan fingerprint density at radius 1 is 1.37 bits per heavy atom. The number of anilines is 1. The van der Waals surface area contributed by atoms with Gasteiger partial charge in [0, 0.05) is 19.6 Å². The highest BCUT2D eigenvalue weighted by atomic mass is 32.1. The Morgan fingerprint density at radius 3 is 2.89 bits per heavy atom. The molecule has 2 aromatic heterocycles. The largest absolute Gasteiger partial charge is 0.376 e. The first-order valence-electron chi connectivity index (χ1n) is 9.17. The summed E-state index contributed by atoms with van der Waals surface area (Å²) in [6, 6.07) is 2.01. The SMILES string of the molecule is O=C(NCC1CCC2(CCN(c3ncnc4ccsc34)CC2)CO1)C(F)F. The van der Waals surface area contributed by atoms with Gasteiger partial charge in [0.1, 0.15) is 12.1 Å². The number of thiophene rings is 1. The molecule has 2 fully saturated rings. The summed E-state index contributed by atoms with van der Waals surface area (Å²) in [4.78, 5) is 22.1. The molecule has 0 saturated carbocycles. The number of amides is 1. The van der Waals surface area contributed by atoms with Gasteiger partial charge in [0.2, 0.25) is 0 Å². The third-order valence-electron chi connectivity index (χ3n) is 5.67. The van der Waals surface area contributed by atoms with Crippen molar-refractivity contribution in [3.8, 4) is 0 Å². The van der Waals surface area contributed by atoms with Crippen molar-refractivity contribution in [2.24, 2.45) is 5.41 Å². The van der Waals surface area contributed by atoms with Crippen LogP contribution in [0.3, 0.4) is 0 Å². The first-order chi connectivity index (χ1) is 13.1. The van der Waals surface area contributed by atoms with Gasteiger partial charge in [-0.2, -0.15) is 8.78 Å². The fourth-order valence-electron chi connectivity index (χ4n) is 3.96. The van der Waals surface area contributed by atoms with Crippen molar-refractivity contribution in [2.75, 3.05) is 31.1 Å². The van der Waals surface area contributed by atoms with Gasteiger partial charge in [-0.15, -0.1) is 11.3 Å². The molecule has 2 aliphatic heterocycles. The zero-order valence-electron chi connectivity index (χ0n) is 14.9. The maximum atomic E-state index is 12.3. The second-order valence-electron chi connectivity index (χ2n) is 7.34. The van der Waals surface area contributed by atoms with Crippen LogP contribution >= 0.6 is 11.3 Å². The van der Waals surface area contributed by atoms with Crippen LogP contribution in [0.1, 0.15) is 25.7 Å². The molecule has 27 heavy (non-hydrogen) atoms. The van der Waals surface area contributed by atoms with Crippen LogP contribution in [0.4, 0.5) is 14.6 Å². The molecule has 4 heterocycles. The summed E-state index contributed by atoms with van der Waals surface area (Å²) in [5.74, 6) is -0.217. The van der Waals surface area contributed by atoms with Crippen LogP contribution < -0.4 is 10.2 Å². The van der Waals surface area contributed by atoms with Crippen molar-refractivity contribution >= 4 is 33.3 Å². The zero-order valence-corrected chi connectivity index (χ0v) is 15.7. The van der Waals surface area contributed by atoms with Gasteiger partial charge in [0.25, 0.3) is 5.91 Å². The van der Waals surface area contributed by atoms with Gasteiger partial charge in [0.05, 0.1) is 22.9 Å². The molecule has 0 aliphatic carbocycles. The van der Waals surface area contributed by atoms with Gasteiger partial charge in [-0.1, -0.05) is 0 Å². The highest BCUT2D eigenvalue weighted by Crippen LogP contribution is 2.42. The number of nitrogens with zero attached hydrogens (tertiary/aromatic N) is 3. The minimum absolute atomic E-state index is 0.140. The Labute approximate surface area is 159 Å². The average Bonchev–Trinajstić information content (AvgIpc) is 3.17. The summed E-state index contributed by atoms with van der Waals surface area (Å²) in [5.41, 5.74) is 1.13. The summed E-state index contributed by atoms with van der Waals surface area (Å²) >= 11 is 1.67. The number of halogens is 2. The molecule has 0 aromatic carbocycles. The van der Waals surface area contributed by atoms with Crippen molar-refractivity contribution in [1.82, 2.24) is 15.3 Å². The molecule has 1 atom stereocenters. The number of alkyl halides is 2. The van der Waals surface area contributed by atoms with Gasteiger partial charge < -0.3 is 15.0 Å². The third kappa shape index (κ3) is 3.89. The molecule has 2 aliphatic rings. The number of piperidine rings is 1. The fourth-order valence-corrected chi connectivity index (χ4v) is 4.82. The lowest BCUT2D eigenvalue weighted by atomic mass is 9.73. The van der Waals surface area contributed by atoms with Gasteiger partial charge in [-0.3, -0.25) is 4.79 Å². The standard InChI is InChI=1S/C18H22F2N4O2S/c19-15(20)17(25)21-9-12-1-3-18(10-26-12)4-6-24(7-5-18)16-14-13(2-8-27-14)22-11-23-16/h2,8,11-12,15H,1,3-7,9-10H2,(H,21,25). The lowest BCUT2D eigenvalue weighted by Gasteiger charge is -2.46. The van der Waals surface area contributed by atoms with Crippen LogP contribution in [0.5, 0.6) is 0 Å². The van der Waals surface area contributed by atoms with E-state index < -0.39 is 12.3 Å². The second-order valence-corrected chi connectivity index (χ2v) is 8.25. The Kier molecular flexibility index (Phi) is 5.23. The molecule has 2 saturated heterocycles. The van der Waals surface area contributed by atoms with E-state index in [1.165, 1.54) is 0 Å². The molecule has 1 amide bonds. The monoisotopic (exact) mass is 396 g/mol. The summed E-state index contributed by atoms with van der Waals surface area (Å²) in [7, 11) is 0. The Bertz CT molecular complexity index is 798. The van der Waals surface area contributed by atoms with E-state index in [4.69, 9.17) is 4.74 Å². The highest BCUT2D eigenvalue weighted by molar-refractivity contribution is 7.17. The van der Waals surface area contributed by atoms with Crippen LogP contribution in [0, 0.1) is 5.41 Å². The van der Waals surface area contributed by atoms with E-state index in [9.17, 15) is 13.6 Å². The first-order valence-corrected chi connectivity index (χ1v) is 10.0. The molecule has 146 valence electrons. The molecule has 1 unspecified atom stereocenters. The van der Waals surface area contributed by atoms with E-state index in [0.717, 1.165) is 54.8 Å². The van der Waals surface area contributed by atoms with Gasteiger partial charge in [-0.05, 0) is 42.5 Å². The van der Waals surface area contributed by atoms with Gasteiger partial charge in [-0.25, -0.2) is 9.97 Å². The fraction of sp³-hybridized carbons (Fsp3) is 0.611. The smallest absolute Gasteiger partial charge is 0.315 e. The predicted octanol–water partition coefficient (Wildman–Crippen LogP) is 2.84. The van der Waals surface area contributed by atoms with Crippen molar-refractivity contribution in [2.45, 2.75) is 38.2 Å². The lowest BCUT2D eigenvalue weighted by molar-refractivity contribution is -0.133. The quantitative estimate of drug-likeness (QED) is 0.861. The first kappa shape index (κ1) is 18.5. The highest BCUT2D eigenvalue weighted by Gasteiger charge is 2.39. The molecule has 4 rings (SSSR count). The molecule has 0 bridgehead atoms. The molecule has 0 radical (unpaired) electrons. The van der Waals surface area contributed by atoms with E-state index in [2.05, 4.69) is 20.2 Å². The predicted molar refractivity (Wildman–Crippen MR) is 99.3 cm³/mol. The van der Waals surface area contributed by atoms with Crippen molar-refractivity contribution in [1.29, 1.82) is 0 Å². The molecule has 9 heteroatoms. The summed E-state index contributed by atoms with van der Waals surface area (Å²) in [6.07, 6.45) is 2.28. The van der Waals surface area contributed by atoms with Gasteiger partial charge >= 0.3 is 6.43 Å². The number of carbonyl (C=O) groups excluding carboxylic acids is 1. The number of aromatic nitrogens is 2. The topological polar surface area (TPSA) is 67.4 Å². The molecule has 1 spiro atoms. The van der Waals surface area contributed by atoms with E-state index in [1.54, 1.807) is 17.7 Å². The number of ether oxygens (including phenoxy) is 1. The summed E-state index contributed by atoms with van der Waals surface area (Å²) < 4.78 is 31.5. The molecular weight excluding hydrogens is 374 g/mol. The number of fused-ring (bicyclic) bond motifs is 1. The Morgan fingerprint density at radius 2 is 2.19 bits per heavy atom. The van der Waals surface area contributed by atoms with Crippen LogP contribution in [0.2, 0.25) is 0 Å². The van der Waals surface area contributed by atoms with E-state index in [1.807, 2.05) is 11.4 Å². The Hall–Kier alpha value is -1.87.